The third-order valence-electron chi connectivity index (χ3n) is 7.06. The van der Waals surface area contributed by atoms with Crippen LogP contribution in [0.1, 0.15) is 66.9 Å². The van der Waals surface area contributed by atoms with Gasteiger partial charge in [-0.05, 0) is 75.2 Å². The Morgan fingerprint density at radius 3 is 2.29 bits per heavy atom. The van der Waals surface area contributed by atoms with Crippen LogP contribution < -0.4 is 19.7 Å². The third-order valence-corrected chi connectivity index (χ3v) is 7.06. The molecule has 2 atom stereocenters. The van der Waals surface area contributed by atoms with Crippen LogP contribution in [0.3, 0.4) is 0 Å². The number of carbonyl (C=O) groups excluding carboxylic acids is 3. The molecule has 2 aromatic carbocycles. The van der Waals surface area contributed by atoms with Gasteiger partial charge in [0.25, 0.3) is 11.8 Å². The molecule has 8 heteroatoms. The fourth-order valence-corrected chi connectivity index (χ4v) is 5.06. The van der Waals surface area contributed by atoms with E-state index in [1.54, 1.807) is 61.5 Å². The third kappa shape index (κ3) is 5.44. The lowest BCUT2D eigenvalue weighted by Crippen LogP contribution is -2.52. The molecular weight excluding hydrogens is 484 g/mol. The van der Waals surface area contributed by atoms with E-state index >= 15 is 0 Å². The molecule has 1 aliphatic heterocycles. The van der Waals surface area contributed by atoms with E-state index in [1.807, 2.05) is 6.07 Å². The minimum absolute atomic E-state index is 0.00791. The molecule has 5 rings (SSSR count). The van der Waals surface area contributed by atoms with E-state index in [4.69, 9.17) is 13.9 Å². The zero-order valence-electron chi connectivity index (χ0n) is 21.6. The molecule has 1 saturated carbocycles. The molecule has 0 bridgehead atoms. The number of aryl methyl sites for hydroxylation is 1. The molecule has 0 spiro atoms. The van der Waals surface area contributed by atoms with Gasteiger partial charge in [0, 0.05) is 17.3 Å². The number of para-hydroxylation sites is 2. The second-order valence-electron chi connectivity index (χ2n) is 9.87. The summed E-state index contributed by atoms with van der Waals surface area (Å²) in [4.78, 5) is 41.4. The van der Waals surface area contributed by atoms with Crippen LogP contribution in [0.5, 0.6) is 11.5 Å². The average Bonchev–Trinajstić information content (AvgIpc) is 3.37. The van der Waals surface area contributed by atoms with Crippen molar-refractivity contribution in [3.05, 3.63) is 77.7 Å². The Balaban J connectivity index is 1.54. The second kappa shape index (κ2) is 11.1. The quantitative estimate of drug-likeness (QED) is 0.436. The monoisotopic (exact) mass is 516 g/mol. The van der Waals surface area contributed by atoms with Crippen LogP contribution in [0.2, 0.25) is 0 Å². The molecular formula is C30H32N2O6. The molecule has 0 saturated heterocycles. The number of anilines is 1. The van der Waals surface area contributed by atoms with E-state index in [9.17, 15) is 14.4 Å². The van der Waals surface area contributed by atoms with E-state index < -0.39 is 18.1 Å². The lowest BCUT2D eigenvalue weighted by molar-refractivity contribution is -0.132. The summed E-state index contributed by atoms with van der Waals surface area (Å²) in [5.74, 6) is 1.12. The highest BCUT2D eigenvalue weighted by atomic mass is 16.6. The fourth-order valence-electron chi connectivity index (χ4n) is 5.06. The normalized spacial score (nSPS) is 17.9. The first-order chi connectivity index (χ1) is 18.4. The van der Waals surface area contributed by atoms with Gasteiger partial charge < -0.3 is 19.2 Å². The van der Waals surface area contributed by atoms with Gasteiger partial charge in [-0.3, -0.25) is 19.3 Å². The smallest absolute Gasteiger partial charge is 0.272 e. The summed E-state index contributed by atoms with van der Waals surface area (Å²) in [6, 6.07) is 16.2. The van der Waals surface area contributed by atoms with Crippen LogP contribution in [0.4, 0.5) is 5.69 Å². The Hall–Kier alpha value is -4.07. The number of Topliss-reactive ketones (excluding diaryl/α,β-unsaturated/α-hetero) is 1. The first-order valence-electron chi connectivity index (χ1n) is 13.1. The van der Waals surface area contributed by atoms with Gasteiger partial charge in [-0.25, -0.2) is 0 Å². The number of ketones is 1. The minimum atomic E-state index is -1.08. The van der Waals surface area contributed by atoms with Crippen LogP contribution in [0.25, 0.3) is 0 Å². The summed E-state index contributed by atoms with van der Waals surface area (Å²) >= 11 is 0. The number of benzene rings is 2. The number of ether oxygens (including phenoxy) is 2. The van der Waals surface area contributed by atoms with Crippen LogP contribution in [0, 0.1) is 6.92 Å². The molecule has 1 aromatic heterocycles. The van der Waals surface area contributed by atoms with Gasteiger partial charge >= 0.3 is 0 Å². The molecule has 1 fully saturated rings. The first kappa shape index (κ1) is 25.6. The van der Waals surface area contributed by atoms with Crippen molar-refractivity contribution in [2.45, 2.75) is 64.1 Å². The maximum absolute atomic E-state index is 14.2. The van der Waals surface area contributed by atoms with Crippen molar-refractivity contribution in [2.24, 2.45) is 0 Å². The molecule has 2 heterocycles. The molecule has 2 amide bonds. The van der Waals surface area contributed by atoms with Crippen molar-refractivity contribution < 1.29 is 28.3 Å². The average molecular weight is 517 g/mol. The number of nitrogens with zero attached hydrogens (tertiary/aromatic N) is 1. The number of amides is 2. The van der Waals surface area contributed by atoms with E-state index in [1.165, 1.54) is 11.8 Å². The molecule has 1 N–H and O–H groups in total. The maximum Gasteiger partial charge on any atom is 0.272 e. The number of nitrogens with one attached hydrogen (secondary N) is 1. The number of rotatable bonds is 7. The van der Waals surface area contributed by atoms with Crippen molar-refractivity contribution >= 4 is 23.3 Å². The zero-order chi connectivity index (χ0) is 26.6. The fraction of sp³-hybridized carbons (Fsp3) is 0.367. The SMILES string of the molecule is CC(=O)c1ccc(N(C(=O)[C@@H]2COc3ccccc3O2)[C@@H](C(=O)NC2CCCCC2)c2ccc(C)o2)cc1. The Morgan fingerprint density at radius 1 is 0.921 bits per heavy atom. The Labute approximate surface area is 221 Å². The van der Waals surface area contributed by atoms with Gasteiger partial charge in [-0.2, -0.15) is 0 Å². The van der Waals surface area contributed by atoms with E-state index in [2.05, 4.69) is 5.32 Å². The molecule has 3 aromatic rings. The van der Waals surface area contributed by atoms with E-state index in [0.717, 1.165) is 32.1 Å². The summed E-state index contributed by atoms with van der Waals surface area (Å²) in [5, 5.41) is 3.16. The van der Waals surface area contributed by atoms with Gasteiger partial charge in [0.2, 0.25) is 6.10 Å². The molecule has 2 aliphatic rings. The number of furan rings is 1. The first-order valence-corrected chi connectivity index (χ1v) is 13.1. The van der Waals surface area contributed by atoms with Crippen LogP contribution in [-0.4, -0.2) is 36.4 Å². The van der Waals surface area contributed by atoms with Crippen LogP contribution in [-0.2, 0) is 9.59 Å². The molecule has 198 valence electrons. The summed E-state index contributed by atoms with van der Waals surface area (Å²) in [6.07, 6.45) is 4.06. The minimum Gasteiger partial charge on any atom is -0.485 e. The summed E-state index contributed by atoms with van der Waals surface area (Å²) in [6.45, 7) is 3.27. The van der Waals surface area contributed by atoms with E-state index in [-0.39, 0.29) is 24.3 Å². The number of hydrogen-bond acceptors (Lipinski definition) is 6. The highest BCUT2D eigenvalue weighted by Gasteiger charge is 2.41. The van der Waals surface area contributed by atoms with Gasteiger partial charge in [0.05, 0.1) is 0 Å². The summed E-state index contributed by atoms with van der Waals surface area (Å²) in [5.41, 5.74) is 0.949. The predicted octanol–water partition coefficient (Wildman–Crippen LogP) is 5.15. The van der Waals surface area contributed by atoms with Crippen molar-refractivity contribution in [3.8, 4) is 11.5 Å². The van der Waals surface area contributed by atoms with Crippen molar-refractivity contribution in [1.29, 1.82) is 0 Å². The topological polar surface area (TPSA) is 98.1 Å². The Kier molecular flexibility index (Phi) is 7.49. The summed E-state index contributed by atoms with van der Waals surface area (Å²) < 4.78 is 17.8. The Bertz CT molecular complexity index is 1310. The largest absolute Gasteiger partial charge is 0.485 e. The highest BCUT2D eigenvalue weighted by Crippen LogP contribution is 2.35. The second-order valence-corrected chi connectivity index (χ2v) is 9.87. The number of carbonyl (C=O) groups is 3. The number of fused-ring (bicyclic) bond motifs is 1. The molecule has 8 nitrogen and oxygen atoms in total. The van der Waals surface area contributed by atoms with Gasteiger partial charge in [-0.1, -0.05) is 31.4 Å². The Morgan fingerprint density at radius 2 is 1.63 bits per heavy atom. The van der Waals surface area contributed by atoms with Crippen LogP contribution in [0.15, 0.2) is 65.1 Å². The maximum atomic E-state index is 14.2. The molecule has 0 radical (unpaired) electrons. The van der Waals surface area contributed by atoms with Crippen LogP contribution >= 0.6 is 0 Å². The standard InChI is InChI=1S/C30H32N2O6/c1-19-12-17-26(37-19)28(29(34)31-22-8-4-3-5-9-22)32(23-15-13-21(14-16-23)20(2)33)30(35)27-18-36-24-10-6-7-11-25(24)38-27/h6-7,10-17,22,27-28H,3-5,8-9,18H2,1-2H3,(H,31,34)/t27-,28+/m0/s1. The highest BCUT2D eigenvalue weighted by molar-refractivity contribution is 6.04. The lowest BCUT2D eigenvalue weighted by Gasteiger charge is -2.35. The van der Waals surface area contributed by atoms with Gasteiger partial charge in [0.1, 0.15) is 18.1 Å². The summed E-state index contributed by atoms with van der Waals surface area (Å²) in [7, 11) is 0. The molecule has 0 unspecified atom stereocenters. The molecule has 1 aliphatic carbocycles. The van der Waals surface area contributed by atoms with E-state index in [0.29, 0.717) is 34.3 Å². The van der Waals surface area contributed by atoms with Crippen molar-refractivity contribution in [1.82, 2.24) is 5.32 Å². The van der Waals surface area contributed by atoms with Gasteiger partial charge in [-0.15, -0.1) is 0 Å². The van der Waals surface area contributed by atoms with Crippen molar-refractivity contribution in [2.75, 3.05) is 11.5 Å². The molecule has 38 heavy (non-hydrogen) atoms. The zero-order valence-corrected chi connectivity index (χ0v) is 21.6. The van der Waals surface area contributed by atoms with Gasteiger partial charge in [0.15, 0.2) is 23.3 Å². The number of hydrogen-bond donors (Lipinski definition) is 1. The van der Waals surface area contributed by atoms with Crippen molar-refractivity contribution in [3.63, 3.8) is 0 Å². The lowest BCUT2D eigenvalue weighted by atomic mass is 9.95. The predicted molar refractivity (Wildman–Crippen MR) is 141 cm³/mol.